The molecule has 8 nitrogen and oxygen atoms in total. The van der Waals surface area contributed by atoms with Gasteiger partial charge in [-0.2, -0.15) is 5.10 Å². The molecule has 0 saturated heterocycles. The molecule has 0 atom stereocenters. The van der Waals surface area contributed by atoms with Crippen LogP contribution in [0.1, 0.15) is 0 Å². The van der Waals surface area contributed by atoms with Crippen molar-refractivity contribution in [2.75, 3.05) is 17.1 Å². The molecule has 0 amide bonds. The van der Waals surface area contributed by atoms with E-state index in [9.17, 15) is 13.2 Å². The molecule has 0 unspecified atom stereocenters. The van der Waals surface area contributed by atoms with Crippen molar-refractivity contribution < 1.29 is 8.42 Å². The van der Waals surface area contributed by atoms with Crippen molar-refractivity contribution in [1.82, 2.24) is 15.2 Å². The third kappa shape index (κ3) is 3.06. The Hall–Kier alpha value is -2.13. The van der Waals surface area contributed by atoms with Gasteiger partial charge in [0.05, 0.1) is 5.02 Å². The van der Waals surface area contributed by atoms with Gasteiger partial charge in [-0.1, -0.05) is 11.6 Å². The molecule has 0 bridgehead atoms. The van der Waals surface area contributed by atoms with Crippen LogP contribution in [0.4, 0.5) is 11.6 Å². The van der Waals surface area contributed by atoms with Gasteiger partial charge in [-0.05, 0) is 12.1 Å². The number of halogens is 1. The molecule has 0 aromatic carbocycles. The van der Waals surface area contributed by atoms with Crippen LogP contribution in [0.5, 0.6) is 0 Å². The molecule has 0 radical (unpaired) electrons. The van der Waals surface area contributed by atoms with Gasteiger partial charge in [0.1, 0.15) is 10.7 Å². The summed E-state index contributed by atoms with van der Waals surface area (Å²) in [4.78, 5) is 14.6. The molecule has 0 saturated carbocycles. The van der Waals surface area contributed by atoms with Crippen LogP contribution in [0.25, 0.3) is 0 Å². The highest BCUT2D eigenvalue weighted by molar-refractivity contribution is 7.92. The van der Waals surface area contributed by atoms with E-state index in [1.165, 1.54) is 12.1 Å². The van der Waals surface area contributed by atoms with Crippen molar-refractivity contribution >= 4 is 33.3 Å². The topological polar surface area (TPSA) is 117 Å². The van der Waals surface area contributed by atoms with Gasteiger partial charge in [-0.15, -0.1) is 0 Å². The van der Waals surface area contributed by atoms with Crippen LogP contribution in [-0.2, 0) is 10.0 Å². The first kappa shape index (κ1) is 14.3. The van der Waals surface area contributed by atoms with E-state index in [2.05, 4.69) is 25.2 Å². The van der Waals surface area contributed by atoms with Crippen molar-refractivity contribution in [3.05, 3.63) is 39.8 Å². The maximum atomic E-state index is 12.1. The second kappa shape index (κ2) is 5.47. The zero-order valence-corrected chi connectivity index (χ0v) is 11.8. The lowest BCUT2D eigenvalue weighted by molar-refractivity contribution is 0.600. The van der Waals surface area contributed by atoms with Crippen molar-refractivity contribution in [3.63, 3.8) is 0 Å². The van der Waals surface area contributed by atoms with Gasteiger partial charge in [0.25, 0.3) is 15.6 Å². The van der Waals surface area contributed by atoms with E-state index in [0.717, 1.165) is 12.3 Å². The fourth-order valence-electron chi connectivity index (χ4n) is 1.35. The van der Waals surface area contributed by atoms with Crippen molar-refractivity contribution in [2.45, 2.75) is 4.90 Å². The average molecular weight is 316 g/mol. The summed E-state index contributed by atoms with van der Waals surface area (Å²) >= 11 is 5.88. The summed E-state index contributed by atoms with van der Waals surface area (Å²) in [7, 11) is -2.27. The van der Waals surface area contributed by atoms with E-state index in [4.69, 9.17) is 11.6 Å². The number of sulfonamides is 1. The maximum Gasteiger partial charge on any atom is 0.264 e. The van der Waals surface area contributed by atoms with Gasteiger partial charge in [-0.25, -0.2) is 18.5 Å². The van der Waals surface area contributed by atoms with Gasteiger partial charge in [-0.3, -0.25) is 9.52 Å². The van der Waals surface area contributed by atoms with Crippen LogP contribution >= 0.6 is 11.6 Å². The standard InChI is InChI=1S/C10H10ClN5O3S/c1-12-10-7(11)4-6(5-13-10)20(18,19)16-8-2-3-9(17)15-14-8/h2-5H,1H3,(H,12,13)(H,14,16)(H,15,17). The summed E-state index contributed by atoms with van der Waals surface area (Å²) in [5, 5.41) is 8.56. The molecule has 2 aromatic rings. The van der Waals surface area contributed by atoms with Crippen LogP contribution in [0.15, 0.2) is 34.1 Å². The number of rotatable bonds is 4. The Morgan fingerprint density at radius 1 is 1.35 bits per heavy atom. The minimum absolute atomic E-state index is 0.0154. The minimum Gasteiger partial charge on any atom is -0.372 e. The SMILES string of the molecule is CNc1ncc(S(=O)(=O)Nc2ccc(=O)[nH]n2)cc1Cl. The van der Waals surface area contributed by atoms with Gasteiger partial charge in [0.2, 0.25) is 0 Å². The first-order valence-electron chi connectivity index (χ1n) is 5.34. The highest BCUT2D eigenvalue weighted by Crippen LogP contribution is 2.22. The third-order valence-corrected chi connectivity index (χ3v) is 3.89. The molecular weight excluding hydrogens is 306 g/mol. The number of hydrogen-bond acceptors (Lipinski definition) is 6. The van der Waals surface area contributed by atoms with E-state index in [1.807, 2.05) is 0 Å². The predicted octanol–water partition coefficient (Wildman–Crippen LogP) is 0.661. The third-order valence-electron chi connectivity index (χ3n) is 2.28. The number of hydrogen-bond donors (Lipinski definition) is 3. The summed E-state index contributed by atoms with van der Waals surface area (Å²) < 4.78 is 26.4. The molecule has 0 aliphatic heterocycles. The number of nitrogens with zero attached hydrogens (tertiary/aromatic N) is 2. The monoisotopic (exact) mass is 315 g/mol. The minimum atomic E-state index is -3.88. The molecule has 0 spiro atoms. The Morgan fingerprint density at radius 3 is 2.65 bits per heavy atom. The molecule has 20 heavy (non-hydrogen) atoms. The van der Waals surface area contributed by atoms with Crippen molar-refractivity contribution in [1.29, 1.82) is 0 Å². The first-order valence-corrected chi connectivity index (χ1v) is 7.20. The zero-order valence-electron chi connectivity index (χ0n) is 10.2. The zero-order chi connectivity index (χ0) is 14.8. The number of aromatic nitrogens is 3. The Kier molecular flexibility index (Phi) is 3.91. The summed E-state index contributed by atoms with van der Waals surface area (Å²) in [6, 6.07) is 3.65. The van der Waals surface area contributed by atoms with Gasteiger partial charge >= 0.3 is 0 Å². The molecule has 3 N–H and O–H groups in total. The van der Waals surface area contributed by atoms with Gasteiger partial charge < -0.3 is 5.32 Å². The quantitative estimate of drug-likeness (QED) is 0.763. The normalized spacial score (nSPS) is 11.1. The predicted molar refractivity (Wildman–Crippen MR) is 74.5 cm³/mol. The fraction of sp³-hybridized carbons (Fsp3) is 0.100. The highest BCUT2D eigenvalue weighted by Gasteiger charge is 2.17. The maximum absolute atomic E-state index is 12.1. The van der Waals surface area contributed by atoms with Crippen LogP contribution in [0.2, 0.25) is 5.02 Å². The number of aromatic amines is 1. The molecule has 2 heterocycles. The van der Waals surface area contributed by atoms with Crippen LogP contribution < -0.4 is 15.6 Å². The molecule has 0 aliphatic carbocycles. The van der Waals surface area contributed by atoms with Gasteiger partial charge in [0.15, 0.2) is 5.82 Å². The lowest BCUT2D eigenvalue weighted by Gasteiger charge is -2.08. The fourth-order valence-corrected chi connectivity index (χ4v) is 2.65. The molecule has 2 rings (SSSR count). The van der Waals surface area contributed by atoms with E-state index >= 15 is 0 Å². The number of nitrogens with one attached hydrogen (secondary N) is 3. The van der Waals surface area contributed by atoms with E-state index < -0.39 is 15.6 Å². The molecule has 0 fully saturated rings. The molecule has 2 aromatic heterocycles. The lowest BCUT2D eigenvalue weighted by atomic mass is 10.4. The summed E-state index contributed by atoms with van der Waals surface area (Å²) in [6.45, 7) is 0. The van der Waals surface area contributed by atoms with Crippen molar-refractivity contribution in [3.8, 4) is 0 Å². The first-order chi connectivity index (χ1) is 9.42. The number of pyridine rings is 1. The largest absolute Gasteiger partial charge is 0.372 e. The Labute approximate surface area is 119 Å². The van der Waals surface area contributed by atoms with Crippen molar-refractivity contribution in [2.24, 2.45) is 0 Å². The van der Waals surface area contributed by atoms with Gasteiger partial charge in [0, 0.05) is 19.3 Å². The Bertz CT molecular complexity index is 769. The Balaban J connectivity index is 2.33. The van der Waals surface area contributed by atoms with E-state index in [-0.39, 0.29) is 15.7 Å². The summed E-state index contributed by atoms with van der Waals surface area (Å²) in [6.07, 6.45) is 1.16. The Morgan fingerprint density at radius 2 is 2.10 bits per heavy atom. The highest BCUT2D eigenvalue weighted by atomic mass is 35.5. The second-order valence-electron chi connectivity index (χ2n) is 3.66. The second-order valence-corrected chi connectivity index (χ2v) is 5.75. The molecule has 106 valence electrons. The molecular formula is C10H10ClN5O3S. The van der Waals surface area contributed by atoms with E-state index in [0.29, 0.717) is 5.82 Å². The molecule has 0 aliphatic rings. The molecule has 10 heteroatoms. The van der Waals surface area contributed by atoms with Crippen LogP contribution in [-0.4, -0.2) is 30.6 Å². The summed E-state index contributed by atoms with van der Waals surface area (Å²) in [5.74, 6) is 0.353. The summed E-state index contributed by atoms with van der Waals surface area (Å²) in [5.41, 5.74) is -0.434. The smallest absolute Gasteiger partial charge is 0.264 e. The number of H-pyrrole nitrogens is 1. The average Bonchev–Trinajstić information content (AvgIpc) is 2.41. The van der Waals surface area contributed by atoms with Crippen LogP contribution in [0.3, 0.4) is 0 Å². The van der Waals surface area contributed by atoms with E-state index in [1.54, 1.807) is 7.05 Å². The van der Waals surface area contributed by atoms with Crippen LogP contribution in [0, 0.1) is 0 Å². The lowest BCUT2D eigenvalue weighted by Crippen LogP contribution is -2.16. The number of anilines is 2.